The van der Waals surface area contributed by atoms with Gasteiger partial charge in [-0.2, -0.15) is 0 Å². The Labute approximate surface area is 127 Å². The van der Waals surface area contributed by atoms with Crippen LogP contribution in [-0.2, 0) is 13.1 Å². The van der Waals surface area contributed by atoms with Crippen LogP contribution in [-0.4, -0.2) is 23.0 Å². The number of amidine groups is 1. The van der Waals surface area contributed by atoms with Crippen LogP contribution in [0.3, 0.4) is 0 Å². The molecule has 0 saturated heterocycles. The number of nitrogens with two attached hydrogens (primary N) is 1. The lowest BCUT2D eigenvalue weighted by molar-refractivity contribution is 0.318. The number of nitrogens with zero attached hydrogens (tertiary/aromatic N) is 2. The molecule has 106 valence electrons. The van der Waals surface area contributed by atoms with Crippen LogP contribution < -0.4 is 5.73 Å². The van der Waals surface area contributed by atoms with E-state index in [9.17, 15) is 0 Å². The highest BCUT2D eigenvalue weighted by molar-refractivity contribution is 7.16. The molecule has 2 rings (SSSR count). The van der Waals surface area contributed by atoms with Crippen molar-refractivity contribution in [2.45, 2.75) is 13.1 Å². The van der Waals surface area contributed by atoms with E-state index in [1.54, 1.807) is 11.3 Å². The van der Waals surface area contributed by atoms with Crippen LogP contribution in [0.1, 0.15) is 16.0 Å². The lowest BCUT2D eigenvalue weighted by Crippen LogP contribution is -2.18. The zero-order valence-electron chi connectivity index (χ0n) is 11.1. The molecule has 0 atom stereocenters. The molecule has 20 heavy (non-hydrogen) atoms. The second kappa shape index (κ2) is 6.74. The Morgan fingerprint density at radius 2 is 2.15 bits per heavy atom. The summed E-state index contributed by atoms with van der Waals surface area (Å²) in [6, 6.07) is 11.6. The van der Waals surface area contributed by atoms with E-state index in [0.29, 0.717) is 0 Å². The largest absolute Gasteiger partial charge is 0.409 e. The maximum atomic E-state index is 8.70. The van der Waals surface area contributed by atoms with Crippen molar-refractivity contribution in [3.05, 3.63) is 56.7 Å². The van der Waals surface area contributed by atoms with Gasteiger partial charge in [0.25, 0.3) is 0 Å². The summed E-state index contributed by atoms with van der Waals surface area (Å²) in [6.45, 7) is 1.62. The van der Waals surface area contributed by atoms with Crippen molar-refractivity contribution in [2.75, 3.05) is 7.05 Å². The average molecular weight is 310 g/mol. The standard InChI is InChI=1S/C14H16ClN3OS/c1-18(9-12-5-6-13(15)20-12)8-10-3-2-4-11(7-10)14(16)17-19/h2-7,19H,8-9H2,1H3,(H2,16,17). The normalized spacial score (nSPS) is 12.1. The van der Waals surface area contributed by atoms with E-state index in [4.69, 9.17) is 22.5 Å². The van der Waals surface area contributed by atoms with Crippen LogP contribution >= 0.6 is 22.9 Å². The third kappa shape index (κ3) is 3.96. The molecule has 4 nitrogen and oxygen atoms in total. The van der Waals surface area contributed by atoms with Gasteiger partial charge in [-0.15, -0.1) is 11.3 Å². The minimum Gasteiger partial charge on any atom is -0.409 e. The van der Waals surface area contributed by atoms with Crippen molar-refractivity contribution < 1.29 is 5.21 Å². The molecule has 0 bridgehead atoms. The molecule has 0 unspecified atom stereocenters. The Kier molecular flexibility index (Phi) is 5.00. The van der Waals surface area contributed by atoms with Gasteiger partial charge in [0, 0.05) is 23.5 Å². The Morgan fingerprint density at radius 3 is 2.80 bits per heavy atom. The van der Waals surface area contributed by atoms with Crippen molar-refractivity contribution in [2.24, 2.45) is 10.9 Å². The van der Waals surface area contributed by atoms with E-state index in [2.05, 4.69) is 10.1 Å². The molecule has 0 aliphatic heterocycles. The van der Waals surface area contributed by atoms with Gasteiger partial charge in [-0.3, -0.25) is 4.90 Å². The van der Waals surface area contributed by atoms with E-state index in [0.717, 1.165) is 28.6 Å². The second-order valence-corrected chi connectivity index (χ2v) is 6.36. The summed E-state index contributed by atoms with van der Waals surface area (Å²) in [7, 11) is 2.05. The molecule has 6 heteroatoms. The second-order valence-electron chi connectivity index (χ2n) is 4.56. The van der Waals surface area contributed by atoms with E-state index in [1.165, 1.54) is 4.88 Å². The van der Waals surface area contributed by atoms with Crippen molar-refractivity contribution >= 4 is 28.8 Å². The number of hydrogen-bond acceptors (Lipinski definition) is 4. The van der Waals surface area contributed by atoms with Crippen LogP contribution in [0.25, 0.3) is 0 Å². The SMILES string of the molecule is CN(Cc1cccc(C(N)=NO)c1)Cc1ccc(Cl)s1. The van der Waals surface area contributed by atoms with Crippen LogP contribution in [0.4, 0.5) is 0 Å². The quantitative estimate of drug-likeness (QED) is 0.386. The topological polar surface area (TPSA) is 61.8 Å². The monoisotopic (exact) mass is 309 g/mol. The van der Waals surface area contributed by atoms with Gasteiger partial charge in [-0.25, -0.2) is 0 Å². The molecule has 0 aliphatic carbocycles. The van der Waals surface area contributed by atoms with Gasteiger partial charge in [-0.1, -0.05) is 35.0 Å². The Balaban J connectivity index is 2.02. The van der Waals surface area contributed by atoms with Gasteiger partial charge in [0.2, 0.25) is 0 Å². The van der Waals surface area contributed by atoms with Gasteiger partial charge >= 0.3 is 0 Å². The van der Waals surface area contributed by atoms with Gasteiger partial charge in [-0.05, 0) is 30.8 Å². The predicted molar refractivity (Wildman–Crippen MR) is 83.5 cm³/mol. The van der Waals surface area contributed by atoms with Crippen molar-refractivity contribution in [1.29, 1.82) is 0 Å². The molecule has 1 aromatic carbocycles. The Hall–Kier alpha value is -1.56. The Morgan fingerprint density at radius 1 is 1.35 bits per heavy atom. The fourth-order valence-corrected chi connectivity index (χ4v) is 3.12. The molecule has 1 aromatic heterocycles. The number of oxime groups is 1. The summed E-state index contributed by atoms with van der Waals surface area (Å²) in [4.78, 5) is 3.41. The first-order valence-electron chi connectivity index (χ1n) is 6.08. The number of hydrogen-bond donors (Lipinski definition) is 2. The van der Waals surface area contributed by atoms with Gasteiger partial charge < -0.3 is 10.9 Å². The van der Waals surface area contributed by atoms with E-state index < -0.39 is 0 Å². The van der Waals surface area contributed by atoms with Crippen molar-refractivity contribution in [3.8, 4) is 0 Å². The highest BCUT2D eigenvalue weighted by Gasteiger charge is 2.06. The number of benzene rings is 1. The maximum absolute atomic E-state index is 8.70. The highest BCUT2D eigenvalue weighted by atomic mass is 35.5. The molecule has 0 fully saturated rings. The molecule has 1 heterocycles. The van der Waals surface area contributed by atoms with Crippen LogP contribution in [0.2, 0.25) is 4.34 Å². The van der Waals surface area contributed by atoms with E-state index in [-0.39, 0.29) is 5.84 Å². The zero-order chi connectivity index (χ0) is 14.5. The number of halogens is 1. The summed E-state index contributed by atoms with van der Waals surface area (Å²) >= 11 is 7.51. The van der Waals surface area contributed by atoms with Crippen molar-refractivity contribution in [3.63, 3.8) is 0 Å². The first-order valence-corrected chi connectivity index (χ1v) is 7.27. The van der Waals surface area contributed by atoms with E-state index in [1.807, 2.05) is 43.4 Å². The molecule has 2 aromatic rings. The summed E-state index contributed by atoms with van der Waals surface area (Å²) < 4.78 is 0.808. The smallest absolute Gasteiger partial charge is 0.170 e. The summed E-state index contributed by atoms with van der Waals surface area (Å²) in [6.07, 6.45) is 0. The molecule has 0 saturated carbocycles. The lowest BCUT2D eigenvalue weighted by atomic mass is 10.1. The first kappa shape index (κ1) is 14.8. The minimum absolute atomic E-state index is 0.125. The molecule has 0 radical (unpaired) electrons. The van der Waals surface area contributed by atoms with Crippen molar-refractivity contribution in [1.82, 2.24) is 4.90 Å². The van der Waals surface area contributed by atoms with E-state index >= 15 is 0 Å². The zero-order valence-corrected chi connectivity index (χ0v) is 12.7. The van der Waals surface area contributed by atoms with Crippen LogP contribution in [0, 0.1) is 0 Å². The molecule has 0 amide bonds. The fourth-order valence-electron chi connectivity index (χ4n) is 1.96. The van der Waals surface area contributed by atoms with Crippen LogP contribution in [0.5, 0.6) is 0 Å². The Bertz CT molecular complexity index is 612. The molecule has 3 N–H and O–H groups in total. The summed E-state index contributed by atoms with van der Waals surface area (Å²) in [5.41, 5.74) is 7.42. The lowest BCUT2D eigenvalue weighted by Gasteiger charge is -2.16. The fraction of sp³-hybridized carbons (Fsp3) is 0.214. The van der Waals surface area contributed by atoms with Gasteiger partial charge in [0.1, 0.15) is 0 Å². The summed E-state index contributed by atoms with van der Waals surface area (Å²) in [5.74, 6) is 0.125. The maximum Gasteiger partial charge on any atom is 0.170 e. The van der Waals surface area contributed by atoms with Gasteiger partial charge in [0.15, 0.2) is 5.84 Å². The third-order valence-corrected chi connectivity index (χ3v) is 4.05. The van der Waals surface area contributed by atoms with Gasteiger partial charge in [0.05, 0.1) is 4.34 Å². The molecule has 0 aliphatic rings. The highest BCUT2D eigenvalue weighted by Crippen LogP contribution is 2.22. The molecular formula is C14H16ClN3OS. The predicted octanol–water partition coefficient (Wildman–Crippen LogP) is 3.13. The number of thiophene rings is 1. The van der Waals surface area contributed by atoms with Crippen LogP contribution in [0.15, 0.2) is 41.6 Å². The summed E-state index contributed by atoms with van der Waals surface area (Å²) in [5, 5.41) is 11.7. The molecule has 0 spiro atoms. The minimum atomic E-state index is 0.125. The number of rotatable bonds is 5. The first-order chi connectivity index (χ1) is 9.58. The third-order valence-electron chi connectivity index (χ3n) is 2.84. The molecular weight excluding hydrogens is 294 g/mol. The average Bonchev–Trinajstić information content (AvgIpc) is 2.83.